The van der Waals surface area contributed by atoms with Crippen molar-refractivity contribution in [1.82, 2.24) is 15.0 Å². The first-order chi connectivity index (χ1) is 13.6. The van der Waals surface area contributed by atoms with Crippen LogP contribution in [0.5, 0.6) is 0 Å². The monoisotopic (exact) mass is 369 g/mol. The summed E-state index contributed by atoms with van der Waals surface area (Å²) in [5.74, 6) is 0.245. The van der Waals surface area contributed by atoms with Gasteiger partial charge in [0.2, 0.25) is 0 Å². The van der Waals surface area contributed by atoms with E-state index < -0.39 is 0 Å². The standard InChI is InChI=1S/C22H19N5O/c1-14-8-9-17(11-15(14)2)26-20-13-24-19(12-25-20)22(28)27-18-7-3-5-16-6-4-10-23-21(16)18/h3-13H,1-2H3,(H,25,26)(H,27,28). The van der Waals surface area contributed by atoms with Gasteiger partial charge in [-0.25, -0.2) is 9.97 Å². The number of nitrogens with one attached hydrogen (secondary N) is 2. The second-order valence-electron chi connectivity index (χ2n) is 6.55. The van der Waals surface area contributed by atoms with Gasteiger partial charge in [0, 0.05) is 17.3 Å². The van der Waals surface area contributed by atoms with E-state index in [0.29, 0.717) is 11.5 Å². The van der Waals surface area contributed by atoms with Gasteiger partial charge in [0.05, 0.1) is 23.6 Å². The molecule has 0 fully saturated rings. The first-order valence-electron chi connectivity index (χ1n) is 8.91. The van der Waals surface area contributed by atoms with Crippen molar-refractivity contribution in [1.29, 1.82) is 0 Å². The van der Waals surface area contributed by atoms with Crippen LogP contribution in [-0.2, 0) is 0 Å². The SMILES string of the molecule is Cc1ccc(Nc2cnc(C(=O)Nc3cccc4cccnc34)cn2)cc1C. The van der Waals surface area contributed by atoms with Gasteiger partial charge in [-0.15, -0.1) is 0 Å². The number of pyridine rings is 1. The molecule has 0 saturated heterocycles. The van der Waals surface area contributed by atoms with Crippen molar-refractivity contribution in [3.63, 3.8) is 0 Å². The fraction of sp³-hybridized carbons (Fsp3) is 0.0909. The van der Waals surface area contributed by atoms with Crippen LogP contribution in [-0.4, -0.2) is 20.9 Å². The van der Waals surface area contributed by atoms with Crippen LogP contribution in [0.3, 0.4) is 0 Å². The molecule has 0 aliphatic rings. The Kier molecular flexibility index (Phi) is 4.68. The average Bonchev–Trinajstić information content (AvgIpc) is 2.71. The molecule has 0 aliphatic carbocycles. The Balaban J connectivity index is 1.50. The number of nitrogens with zero attached hydrogens (tertiary/aromatic N) is 3. The summed E-state index contributed by atoms with van der Waals surface area (Å²) >= 11 is 0. The topological polar surface area (TPSA) is 79.8 Å². The molecular weight excluding hydrogens is 350 g/mol. The van der Waals surface area contributed by atoms with Crippen molar-refractivity contribution in [2.75, 3.05) is 10.6 Å². The van der Waals surface area contributed by atoms with E-state index >= 15 is 0 Å². The van der Waals surface area contributed by atoms with Gasteiger partial charge in [-0.05, 0) is 49.2 Å². The fourth-order valence-corrected chi connectivity index (χ4v) is 2.87. The van der Waals surface area contributed by atoms with Crippen molar-refractivity contribution < 1.29 is 4.79 Å². The second kappa shape index (κ2) is 7.44. The van der Waals surface area contributed by atoms with Gasteiger partial charge in [-0.3, -0.25) is 9.78 Å². The highest BCUT2D eigenvalue weighted by atomic mass is 16.1. The van der Waals surface area contributed by atoms with E-state index in [9.17, 15) is 4.79 Å². The van der Waals surface area contributed by atoms with Crippen LogP contribution in [0.4, 0.5) is 17.2 Å². The van der Waals surface area contributed by atoms with E-state index in [-0.39, 0.29) is 11.6 Å². The summed E-state index contributed by atoms with van der Waals surface area (Å²) in [5.41, 5.74) is 4.96. The number of hydrogen-bond acceptors (Lipinski definition) is 5. The Labute approximate surface area is 162 Å². The van der Waals surface area contributed by atoms with Crippen molar-refractivity contribution in [3.8, 4) is 0 Å². The van der Waals surface area contributed by atoms with E-state index in [1.165, 1.54) is 17.3 Å². The van der Waals surface area contributed by atoms with Crippen LogP contribution in [0.15, 0.2) is 67.1 Å². The molecular formula is C22H19N5O. The Morgan fingerprint density at radius 3 is 2.54 bits per heavy atom. The van der Waals surface area contributed by atoms with Crippen LogP contribution in [0.2, 0.25) is 0 Å². The third-order valence-electron chi connectivity index (χ3n) is 4.54. The normalized spacial score (nSPS) is 10.6. The molecule has 6 nitrogen and oxygen atoms in total. The van der Waals surface area contributed by atoms with Crippen LogP contribution >= 0.6 is 0 Å². The number of carbonyl (C=O) groups is 1. The molecule has 138 valence electrons. The van der Waals surface area contributed by atoms with Crippen molar-refractivity contribution in [2.24, 2.45) is 0 Å². The Bertz CT molecular complexity index is 1150. The Hall–Kier alpha value is -3.80. The van der Waals surface area contributed by atoms with E-state index in [2.05, 4.69) is 39.4 Å². The van der Waals surface area contributed by atoms with Crippen molar-refractivity contribution in [2.45, 2.75) is 13.8 Å². The summed E-state index contributed by atoms with van der Waals surface area (Å²) in [6.45, 7) is 4.12. The second-order valence-corrected chi connectivity index (χ2v) is 6.55. The molecule has 0 bridgehead atoms. The molecule has 0 atom stereocenters. The lowest BCUT2D eigenvalue weighted by atomic mass is 10.1. The molecule has 6 heteroatoms. The first-order valence-corrected chi connectivity index (χ1v) is 8.91. The summed E-state index contributed by atoms with van der Waals surface area (Å²) in [6.07, 6.45) is 4.70. The van der Waals surface area contributed by atoms with Gasteiger partial charge in [0.1, 0.15) is 11.5 Å². The number of aryl methyl sites for hydroxylation is 2. The highest BCUT2D eigenvalue weighted by Gasteiger charge is 2.11. The summed E-state index contributed by atoms with van der Waals surface area (Å²) in [6, 6.07) is 15.5. The predicted octanol–water partition coefficient (Wildman–Crippen LogP) is 4.64. The lowest BCUT2D eigenvalue weighted by Crippen LogP contribution is -2.14. The molecule has 0 spiro atoms. The molecule has 2 aromatic carbocycles. The van der Waals surface area contributed by atoms with E-state index in [4.69, 9.17) is 0 Å². The summed E-state index contributed by atoms with van der Waals surface area (Å²) < 4.78 is 0. The Morgan fingerprint density at radius 1 is 0.893 bits per heavy atom. The number of rotatable bonds is 4. The number of aromatic nitrogens is 3. The molecule has 4 rings (SSSR count). The minimum Gasteiger partial charge on any atom is -0.339 e. The number of carbonyl (C=O) groups excluding carboxylic acids is 1. The number of para-hydroxylation sites is 1. The number of amides is 1. The van der Waals surface area contributed by atoms with Gasteiger partial charge in [0.15, 0.2) is 0 Å². The van der Waals surface area contributed by atoms with Gasteiger partial charge in [-0.2, -0.15) is 0 Å². The number of hydrogen-bond donors (Lipinski definition) is 2. The number of benzene rings is 2. The molecule has 1 amide bonds. The zero-order valence-corrected chi connectivity index (χ0v) is 15.6. The molecule has 0 saturated carbocycles. The Morgan fingerprint density at radius 2 is 1.75 bits per heavy atom. The van der Waals surface area contributed by atoms with Crippen LogP contribution in [0.25, 0.3) is 10.9 Å². The maximum absolute atomic E-state index is 12.5. The molecule has 0 aliphatic heterocycles. The highest BCUT2D eigenvalue weighted by Crippen LogP contribution is 2.21. The largest absolute Gasteiger partial charge is 0.339 e. The summed E-state index contributed by atoms with van der Waals surface area (Å²) in [4.78, 5) is 25.4. The quantitative estimate of drug-likeness (QED) is 0.548. The van der Waals surface area contributed by atoms with Crippen LogP contribution in [0.1, 0.15) is 21.6 Å². The van der Waals surface area contributed by atoms with E-state index in [1.54, 1.807) is 12.4 Å². The number of anilines is 3. The lowest BCUT2D eigenvalue weighted by molar-refractivity contribution is 0.102. The maximum atomic E-state index is 12.5. The first kappa shape index (κ1) is 17.6. The van der Waals surface area contributed by atoms with E-state index in [1.807, 2.05) is 48.5 Å². The third-order valence-corrected chi connectivity index (χ3v) is 4.54. The van der Waals surface area contributed by atoms with Crippen molar-refractivity contribution >= 4 is 34.0 Å². The highest BCUT2D eigenvalue weighted by molar-refractivity contribution is 6.07. The predicted molar refractivity (Wildman–Crippen MR) is 111 cm³/mol. The van der Waals surface area contributed by atoms with Crippen LogP contribution < -0.4 is 10.6 Å². The fourth-order valence-electron chi connectivity index (χ4n) is 2.87. The zero-order chi connectivity index (χ0) is 19.5. The lowest BCUT2D eigenvalue weighted by Gasteiger charge is -2.09. The van der Waals surface area contributed by atoms with Crippen molar-refractivity contribution in [3.05, 3.63) is 83.9 Å². The third kappa shape index (κ3) is 3.66. The van der Waals surface area contributed by atoms with Gasteiger partial charge < -0.3 is 10.6 Å². The minimum atomic E-state index is -0.330. The minimum absolute atomic E-state index is 0.235. The van der Waals surface area contributed by atoms with Gasteiger partial charge in [-0.1, -0.05) is 24.3 Å². The number of fused-ring (bicyclic) bond motifs is 1. The molecule has 2 aromatic heterocycles. The smallest absolute Gasteiger partial charge is 0.275 e. The molecule has 2 N–H and O–H groups in total. The molecule has 2 heterocycles. The summed E-state index contributed by atoms with van der Waals surface area (Å²) in [7, 11) is 0. The molecule has 0 radical (unpaired) electrons. The zero-order valence-electron chi connectivity index (χ0n) is 15.6. The maximum Gasteiger partial charge on any atom is 0.275 e. The molecule has 0 unspecified atom stereocenters. The molecule has 28 heavy (non-hydrogen) atoms. The van der Waals surface area contributed by atoms with Gasteiger partial charge in [0.25, 0.3) is 5.91 Å². The van der Waals surface area contributed by atoms with Gasteiger partial charge >= 0.3 is 0 Å². The summed E-state index contributed by atoms with van der Waals surface area (Å²) in [5, 5.41) is 7.01. The average molecular weight is 369 g/mol. The van der Waals surface area contributed by atoms with Crippen LogP contribution in [0, 0.1) is 13.8 Å². The van der Waals surface area contributed by atoms with E-state index in [0.717, 1.165) is 16.6 Å². The molecule has 4 aromatic rings.